The zero-order chi connectivity index (χ0) is 35.6. The lowest BCUT2D eigenvalue weighted by Crippen LogP contribution is -2.61. The Labute approximate surface area is 294 Å². The number of aliphatic carboxylic acids is 1. The summed E-state index contributed by atoms with van der Waals surface area (Å²) in [7, 11) is 0. The molecule has 3 aliphatic rings. The molecule has 2 aromatic heterocycles. The van der Waals surface area contributed by atoms with Crippen LogP contribution in [-0.4, -0.2) is 85.1 Å². The van der Waals surface area contributed by atoms with Gasteiger partial charge in [0.25, 0.3) is 0 Å². The van der Waals surface area contributed by atoms with Crippen LogP contribution in [0.15, 0.2) is 57.4 Å². The molecule has 12 nitrogen and oxygen atoms in total. The smallest absolute Gasteiger partial charge is 0.307 e. The summed E-state index contributed by atoms with van der Waals surface area (Å²) in [5.74, 6) is 0.478. The standard InChI is InChI=1S/C39H38N6O6/c1-22-27(6-4-8-29(22)36-42-32-17-45(18-33(32)50-36)34(46)19-44-20-39(3,49)21-44)28-7-5-9-30(23(28)2)37-41-31-13-24(12-26(14-40)35(31)51-37)15-43-11-10-25(16-43)38(47)48/h4-9,12-13,25,49H,10-11,15-21H2,1-3H3,(H,47,48)/t25-/m1/s1. The average molecular weight is 687 g/mol. The molecule has 2 fully saturated rings. The number of benzene rings is 3. The van der Waals surface area contributed by atoms with Crippen LogP contribution in [0.4, 0.5) is 0 Å². The predicted molar refractivity (Wildman–Crippen MR) is 187 cm³/mol. The normalized spacial score (nSPS) is 18.6. The van der Waals surface area contributed by atoms with Gasteiger partial charge in [0.05, 0.1) is 36.7 Å². The highest BCUT2D eigenvalue weighted by molar-refractivity contribution is 5.85. The number of hydrogen-bond acceptors (Lipinski definition) is 10. The van der Waals surface area contributed by atoms with Crippen molar-refractivity contribution >= 4 is 23.0 Å². The van der Waals surface area contributed by atoms with Gasteiger partial charge in [-0.05, 0) is 85.8 Å². The molecule has 1 amide bonds. The highest BCUT2D eigenvalue weighted by atomic mass is 16.4. The van der Waals surface area contributed by atoms with E-state index < -0.39 is 11.6 Å². The number of carboxylic acids is 1. The summed E-state index contributed by atoms with van der Waals surface area (Å²) < 4.78 is 12.5. The predicted octanol–water partition coefficient (Wildman–Crippen LogP) is 5.12. The van der Waals surface area contributed by atoms with Crippen molar-refractivity contribution in [3.8, 4) is 40.1 Å². The zero-order valence-corrected chi connectivity index (χ0v) is 28.8. The van der Waals surface area contributed by atoms with Gasteiger partial charge in [-0.15, -0.1) is 0 Å². The lowest BCUT2D eigenvalue weighted by molar-refractivity contribution is -0.141. The molecule has 2 N–H and O–H groups in total. The van der Waals surface area contributed by atoms with Gasteiger partial charge in [0.15, 0.2) is 5.58 Å². The van der Waals surface area contributed by atoms with E-state index in [1.54, 1.807) is 17.9 Å². The van der Waals surface area contributed by atoms with Crippen molar-refractivity contribution < 1.29 is 28.6 Å². The SMILES string of the molecule is Cc1c(-c2nc3c(o2)CN(C(=O)CN2CC(C)(O)C2)C3)cccc1-c1cccc(-c2nc3cc(CN4CC[C@@H](C(=O)O)C4)cc(C#N)c3o2)c1C. The first-order chi connectivity index (χ1) is 24.5. The Bertz CT molecular complexity index is 2230. The minimum atomic E-state index is -0.774. The minimum absolute atomic E-state index is 0.00484. The Morgan fingerprint density at radius 1 is 0.961 bits per heavy atom. The van der Waals surface area contributed by atoms with Crippen molar-refractivity contribution in [1.82, 2.24) is 24.7 Å². The van der Waals surface area contributed by atoms with Gasteiger partial charge in [0, 0.05) is 37.3 Å². The lowest BCUT2D eigenvalue weighted by Gasteiger charge is -2.44. The van der Waals surface area contributed by atoms with Gasteiger partial charge in [0.1, 0.15) is 23.0 Å². The van der Waals surface area contributed by atoms with Gasteiger partial charge >= 0.3 is 5.97 Å². The fraction of sp³-hybridized carbons (Fsp3) is 0.359. The van der Waals surface area contributed by atoms with E-state index in [2.05, 4.69) is 23.1 Å². The van der Waals surface area contributed by atoms with Gasteiger partial charge in [-0.1, -0.05) is 24.3 Å². The number of oxazole rings is 2. The summed E-state index contributed by atoms with van der Waals surface area (Å²) in [6, 6.07) is 18.0. The fourth-order valence-electron chi connectivity index (χ4n) is 7.79. The number of nitriles is 1. The fourth-order valence-corrected chi connectivity index (χ4v) is 7.79. The van der Waals surface area contributed by atoms with Crippen LogP contribution in [0.5, 0.6) is 0 Å². The molecule has 12 heteroatoms. The van der Waals surface area contributed by atoms with Crippen LogP contribution in [-0.2, 0) is 29.2 Å². The number of fused-ring (bicyclic) bond motifs is 2. The third-order valence-corrected chi connectivity index (χ3v) is 10.4. The first-order valence-electron chi connectivity index (χ1n) is 17.2. The third kappa shape index (κ3) is 6.07. The maximum atomic E-state index is 12.9. The number of likely N-dealkylation sites (tertiary alicyclic amines) is 2. The second-order valence-electron chi connectivity index (χ2n) is 14.4. The number of β-amino-alcohol motifs (C(OH)–C–C–N with tert-alkyl or cyclic N) is 1. The van der Waals surface area contributed by atoms with E-state index in [-0.39, 0.29) is 18.4 Å². The quantitative estimate of drug-likeness (QED) is 0.223. The number of aromatic nitrogens is 2. The molecule has 51 heavy (non-hydrogen) atoms. The molecule has 5 heterocycles. The van der Waals surface area contributed by atoms with Gasteiger partial charge in [-0.2, -0.15) is 5.26 Å². The van der Waals surface area contributed by atoms with Crippen molar-refractivity contribution in [2.45, 2.75) is 52.4 Å². The van der Waals surface area contributed by atoms with Crippen LogP contribution in [0.25, 0.3) is 45.1 Å². The molecule has 0 unspecified atom stereocenters. The van der Waals surface area contributed by atoms with Crippen LogP contribution in [0.3, 0.4) is 0 Å². The molecule has 3 aliphatic heterocycles. The second-order valence-corrected chi connectivity index (χ2v) is 14.4. The summed E-state index contributed by atoms with van der Waals surface area (Å²) >= 11 is 0. The average Bonchev–Trinajstić information content (AvgIpc) is 3.87. The van der Waals surface area contributed by atoms with Crippen molar-refractivity contribution in [2.24, 2.45) is 5.92 Å². The molecule has 0 bridgehead atoms. The van der Waals surface area contributed by atoms with Gasteiger partial charge in [-0.25, -0.2) is 9.97 Å². The topological polar surface area (TPSA) is 160 Å². The summed E-state index contributed by atoms with van der Waals surface area (Å²) in [6.45, 7) is 9.57. The molecular formula is C39H38N6O6. The molecule has 3 aromatic carbocycles. The Kier molecular flexibility index (Phi) is 8.02. The number of nitrogens with zero attached hydrogens (tertiary/aromatic N) is 6. The molecular weight excluding hydrogens is 648 g/mol. The highest BCUT2D eigenvalue weighted by Gasteiger charge is 2.39. The molecule has 0 saturated carbocycles. The van der Waals surface area contributed by atoms with Crippen molar-refractivity contribution in [1.29, 1.82) is 5.26 Å². The Balaban J connectivity index is 1.03. The minimum Gasteiger partial charge on any atom is -0.481 e. The van der Waals surface area contributed by atoms with Crippen LogP contribution < -0.4 is 0 Å². The van der Waals surface area contributed by atoms with E-state index in [9.17, 15) is 25.1 Å². The number of rotatable bonds is 8. The maximum Gasteiger partial charge on any atom is 0.307 e. The second kappa shape index (κ2) is 12.5. The molecule has 260 valence electrons. The molecule has 8 rings (SSSR count). The number of carboxylic acid groups (broad SMARTS) is 1. The molecule has 0 radical (unpaired) electrons. The zero-order valence-electron chi connectivity index (χ0n) is 28.8. The van der Waals surface area contributed by atoms with E-state index in [0.29, 0.717) is 86.4 Å². The lowest BCUT2D eigenvalue weighted by atomic mass is 9.91. The van der Waals surface area contributed by atoms with Crippen molar-refractivity contribution in [2.75, 3.05) is 32.7 Å². The van der Waals surface area contributed by atoms with E-state index in [1.165, 1.54) is 0 Å². The van der Waals surface area contributed by atoms with E-state index in [4.69, 9.17) is 18.8 Å². The molecule has 1 atom stereocenters. The summed E-state index contributed by atoms with van der Waals surface area (Å²) in [5, 5.41) is 29.4. The van der Waals surface area contributed by atoms with Crippen molar-refractivity contribution in [3.63, 3.8) is 0 Å². The van der Waals surface area contributed by atoms with Crippen LogP contribution in [0.2, 0.25) is 0 Å². The van der Waals surface area contributed by atoms with Crippen LogP contribution in [0.1, 0.15) is 47.1 Å². The number of carbonyl (C=O) groups is 2. The van der Waals surface area contributed by atoms with E-state index in [1.807, 2.05) is 49.1 Å². The van der Waals surface area contributed by atoms with Crippen LogP contribution >= 0.6 is 0 Å². The van der Waals surface area contributed by atoms with Gasteiger partial charge in [0.2, 0.25) is 17.7 Å². The van der Waals surface area contributed by atoms with Gasteiger partial charge in [-0.3, -0.25) is 19.4 Å². The largest absolute Gasteiger partial charge is 0.481 e. The summed E-state index contributed by atoms with van der Waals surface area (Å²) in [6.07, 6.45) is 0.613. The Morgan fingerprint density at radius 3 is 2.24 bits per heavy atom. The summed E-state index contributed by atoms with van der Waals surface area (Å²) in [5.41, 5.74) is 7.98. The molecule has 5 aromatic rings. The number of hydrogen-bond donors (Lipinski definition) is 2. The Hall–Kier alpha value is -5.35. The third-order valence-electron chi connectivity index (χ3n) is 10.4. The monoisotopic (exact) mass is 686 g/mol. The molecule has 2 saturated heterocycles. The molecule has 0 aliphatic carbocycles. The molecule has 0 spiro atoms. The summed E-state index contributed by atoms with van der Waals surface area (Å²) in [4.78, 5) is 39.7. The van der Waals surface area contributed by atoms with Crippen molar-refractivity contribution in [3.05, 3.63) is 82.2 Å². The first-order valence-corrected chi connectivity index (χ1v) is 17.2. The number of carbonyl (C=O) groups excluding carboxylic acids is 1. The maximum absolute atomic E-state index is 12.9. The van der Waals surface area contributed by atoms with Gasteiger partial charge < -0.3 is 23.9 Å². The highest BCUT2D eigenvalue weighted by Crippen LogP contribution is 2.39. The number of aliphatic hydroxyl groups is 1. The first kappa shape index (κ1) is 32.8. The number of amides is 1. The Morgan fingerprint density at radius 2 is 1.63 bits per heavy atom. The van der Waals surface area contributed by atoms with E-state index in [0.717, 1.165) is 44.6 Å². The van der Waals surface area contributed by atoms with E-state index >= 15 is 0 Å². The van der Waals surface area contributed by atoms with Crippen LogP contribution in [0, 0.1) is 31.1 Å².